The monoisotopic (exact) mass is 418 g/mol. The minimum Gasteiger partial charge on any atom is -0.375 e. The summed E-state index contributed by atoms with van der Waals surface area (Å²) in [4.78, 5) is 9.74. The molecule has 3 fully saturated rings. The van der Waals surface area contributed by atoms with Crippen LogP contribution in [0, 0.1) is 0 Å². The van der Waals surface area contributed by atoms with Crippen molar-refractivity contribution in [1.82, 2.24) is 10.2 Å². The number of benzene rings is 1. The van der Waals surface area contributed by atoms with Crippen LogP contribution in [0.4, 0.5) is 5.69 Å². The van der Waals surface area contributed by atoms with Gasteiger partial charge in [0.25, 0.3) is 0 Å². The highest BCUT2D eigenvalue weighted by Gasteiger charge is 2.32. The van der Waals surface area contributed by atoms with Gasteiger partial charge < -0.3 is 24.6 Å². The van der Waals surface area contributed by atoms with Crippen molar-refractivity contribution in [1.29, 1.82) is 0 Å². The quantitative estimate of drug-likeness (QED) is 0.586. The molecule has 3 aliphatic heterocycles. The first-order valence-electron chi connectivity index (χ1n) is 11.0. The number of hydrogen-bond acceptors (Lipinski definition) is 5. The molecular formula is C22H34N4O2S. The number of anilines is 1. The fraction of sp³-hybridized carbons (Fsp3) is 0.682. The van der Waals surface area contributed by atoms with Gasteiger partial charge in [-0.3, -0.25) is 0 Å². The topological polar surface area (TPSA) is 49.3 Å². The second-order valence-electron chi connectivity index (χ2n) is 7.84. The number of rotatable bonds is 5. The van der Waals surface area contributed by atoms with Gasteiger partial charge in [-0.1, -0.05) is 12.1 Å². The Balaban J connectivity index is 1.37. The van der Waals surface area contributed by atoms with Gasteiger partial charge in [0, 0.05) is 56.5 Å². The Bertz CT molecular complexity index is 657. The molecule has 0 spiro atoms. The van der Waals surface area contributed by atoms with E-state index in [2.05, 4.69) is 46.3 Å². The van der Waals surface area contributed by atoms with Crippen molar-refractivity contribution in [2.75, 3.05) is 62.3 Å². The van der Waals surface area contributed by atoms with Crippen molar-refractivity contribution in [3.05, 3.63) is 29.8 Å². The van der Waals surface area contributed by atoms with Gasteiger partial charge >= 0.3 is 0 Å². The molecule has 2 unspecified atom stereocenters. The third kappa shape index (κ3) is 5.58. The van der Waals surface area contributed by atoms with Crippen molar-refractivity contribution in [2.24, 2.45) is 4.99 Å². The van der Waals surface area contributed by atoms with Gasteiger partial charge in [-0.25, -0.2) is 4.99 Å². The lowest BCUT2D eigenvalue weighted by molar-refractivity contribution is -0.0817. The molecule has 0 bridgehead atoms. The molecular weight excluding hydrogens is 384 g/mol. The van der Waals surface area contributed by atoms with E-state index in [-0.39, 0.29) is 12.2 Å². The van der Waals surface area contributed by atoms with Gasteiger partial charge in [-0.05, 0) is 37.5 Å². The van der Waals surface area contributed by atoms with Gasteiger partial charge in [0.1, 0.15) is 6.10 Å². The van der Waals surface area contributed by atoms with Crippen LogP contribution in [-0.2, 0) is 16.0 Å². The molecule has 0 aliphatic carbocycles. The van der Waals surface area contributed by atoms with E-state index in [4.69, 9.17) is 14.5 Å². The number of aliphatic imine (C=N–C) groups is 1. The minimum absolute atomic E-state index is 0.150. The number of hydrogen-bond donors (Lipinski definition) is 1. The highest BCUT2D eigenvalue weighted by atomic mass is 32.2. The number of guanidine groups is 1. The Morgan fingerprint density at radius 1 is 1.10 bits per heavy atom. The number of nitrogens with zero attached hydrogens (tertiary/aromatic N) is 3. The van der Waals surface area contributed by atoms with E-state index in [1.54, 1.807) is 0 Å². The molecule has 6 nitrogen and oxygen atoms in total. The first-order valence-corrected chi connectivity index (χ1v) is 12.2. The average Bonchev–Trinajstić information content (AvgIpc) is 3.33. The standard InChI is InChI=1S/C22H34N4O2S/c1-2-23-22(26-9-13-28-21(17-26)20-4-3-12-27-20)24-16-18-5-7-19(8-6-18)25-10-14-29-15-11-25/h5-8,20-21H,2-4,9-17H2,1H3,(H,23,24). The molecule has 1 aromatic carbocycles. The molecule has 3 aliphatic rings. The fourth-order valence-corrected chi connectivity index (χ4v) is 5.12. The minimum atomic E-state index is 0.150. The molecule has 0 radical (unpaired) electrons. The molecule has 0 amide bonds. The Labute approximate surface area is 179 Å². The molecule has 3 heterocycles. The largest absolute Gasteiger partial charge is 0.375 e. The van der Waals surface area contributed by atoms with Gasteiger partial charge in [0.15, 0.2) is 5.96 Å². The van der Waals surface area contributed by atoms with Gasteiger partial charge in [0.05, 0.1) is 19.3 Å². The Morgan fingerprint density at radius 3 is 2.62 bits per heavy atom. The summed E-state index contributed by atoms with van der Waals surface area (Å²) in [7, 11) is 0. The molecule has 3 saturated heterocycles. The maximum atomic E-state index is 6.00. The maximum absolute atomic E-state index is 6.00. The van der Waals surface area contributed by atoms with Crippen LogP contribution in [0.2, 0.25) is 0 Å². The van der Waals surface area contributed by atoms with Crippen LogP contribution in [0.3, 0.4) is 0 Å². The van der Waals surface area contributed by atoms with Crippen molar-refractivity contribution >= 4 is 23.4 Å². The molecule has 1 N–H and O–H groups in total. The lowest BCUT2D eigenvalue weighted by Crippen LogP contribution is -2.53. The molecule has 0 aromatic heterocycles. The van der Waals surface area contributed by atoms with E-state index in [0.29, 0.717) is 6.54 Å². The van der Waals surface area contributed by atoms with Crippen molar-refractivity contribution < 1.29 is 9.47 Å². The van der Waals surface area contributed by atoms with Crippen LogP contribution in [0.1, 0.15) is 25.3 Å². The van der Waals surface area contributed by atoms with Gasteiger partial charge in [0.2, 0.25) is 0 Å². The predicted octanol–water partition coefficient (Wildman–Crippen LogP) is 2.59. The highest BCUT2D eigenvalue weighted by molar-refractivity contribution is 7.99. The zero-order chi connectivity index (χ0) is 19.9. The van der Waals surface area contributed by atoms with E-state index in [1.807, 2.05) is 11.8 Å². The van der Waals surface area contributed by atoms with Crippen molar-refractivity contribution in [3.8, 4) is 0 Å². The van der Waals surface area contributed by atoms with Crippen LogP contribution in [-0.4, -0.2) is 80.5 Å². The molecule has 7 heteroatoms. The molecule has 4 rings (SSSR count). The lowest BCUT2D eigenvalue weighted by Gasteiger charge is -2.37. The zero-order valence-electron chi connectivity index (χ0n) is 17.5. The molecule has 2 atom stereocenters. The summed E-state index contributed by atoms with van der Waals surface area (Å²) in [6.07, 6.45) is 2.64. The van der Waals surface area contributed by atoms with Crippen LogP contribution in [0.15, 0.2) is 29.3 Å². The van der Waals surface area contributed by atoms with E-state index >= 15 is 0 Å². The van der Waals surface area contributed by atoms with Crippen molar-refractivity contribution in [2.45, 2.75) is 38.5 Å². The zero-order valence-corrected chi connectivity index (χ0v) is 18.3. The summed E-state index contributed by atoms with van der Waals surface area (Å²) in [6, 6.07) is 8.93. The summed E-state index contributed by atoms with van der Waals surface area (Å²) in [5, 5.41) is 3.47. The smallest absolute Gasteiger partial charge is 0.194 e. The Kier molecular flexibility index (Phi) is 7.57. The second-order valence-corrected chi connectivity index (χ2v) is 9.07. The molecule has 160 valence electrons. The second kappa shape index (κ2) is 10.5. The highest BCUT2D eigenvalue weighted by Crippen LogP contribution is 2.22. The summed E-state index contributed by atoms with van der Waals surface area (Å²) >= 11 is 2.05. The van der Waals surface area contributed by atoms with Gasteiger partial charge in [-0.15, -0.1) is 0 Å². The number of thioether (sulfide) groups is 1. The van der Waals surface area contributed by atoms with E-state index < -0.39 is 0 Å². The predicted molar refractivity (Wildman–Crippen MR) is 121 cm³/mol. The summed E-state index contributed by atoms with van der Waals surface area (Å²) in [6.45, 7) is 9.31. The molecule has 0 saturated carbocycles. The summed E-state index contributed by atoms with van der Waals surface area (Å²) in [5.74, 6) is 3.44. The van der Waals surface area contributed by atoms with Crippen LogP contribution in [0.5, 0.6) is 0 Å². The van der Waals surface area contributed by atoms with Crippen molar-refractivity contribution in [3.63, 3.8) is 0 Å². The third-order valence-corrected chi connectivity index (χ3v) is 6.77. The van der Waals surface area contributed by atoms with Crippen LogP contribution < -0.4 is 10.2 Å². The number of nitrogens with one attached hydrogen (secondary N) is 1. The van der Waals surface area contributed by atoms with Gasteiger partial charge in [-0.2, -0.15) is 11.8 Å². The summed E-state index contributed by atoms with van der Waals surface area (Å²) in [5.41, 5.74) is 2.58. The molecule has 1 aromatic rings. The Morgan fingerprint density at radius 2 is 1.90 bits per heavy atom. The van der Waals surface area contributed by atoms with Crippen LogP contribution >= 0.6 is 11.8 Å². The number of ether oxygens (including phenoxy) is 2. The number of morpholine rings is 1. The maximum Gasteiger partial charge on any atom is 0.194 e. The first-order chi connectivity index (χ1) is 14.3. The normalized spacial score (nSPS) is 26.0. The fourth-order valence-electron chi connectivity index (χ4n) is 4.21. The van der Waals surface area contributed by atoms with E-state index in [9.17, 15) is 0 Å². The SMILES string of the molecule is CCNC(=NCc1ccc(N2CCSCC2)cc1)N1CCOC(C2CCCO2)C1. The average molecular weight is 419 g/mol. The van der Waals surface area contributed by atoms with E-state index in [0.717, 1.165) is 64.7 Å². The first kappa shape index (κ1) is 20.8. The third-order valence-electron chi connectivity index (χ3n) is 5.83. The summed E-state index contributed by atoms with van der Waals surface area (Å²) < 4.78 is 11.9. The molecule has 29 heavy (non-hydrogen) atoms. The van der Waals surface area contributed by atoms with Crippen LogP contribution in [0.25, 0.3) is 0 Å². The Hall–Kier alpha value is -1.44. The van der Waals surface area contributed by atoms with E-state index in [1.165, 1.54) is 22.8 Å². The lowest BCUT2D eigenvalue weighted by atomic mass is 10.1.